The van der Waals surface area contributed by atoms with E-state index in [0.717, 1.165) is 6.07 Å². The van der Waals surface area contributed by atoms with Crippen LogP contribution in [0.15, 0.2) is 23.4 Å². The summed E-state index contributed by atoms with van der Waals surface area (Å²) in [5, 5.41) is 24.8. The van der Waals surface area contributed by atoms with Crippen molar-refractivity contribution >= 4 is 17.9 Å². The molecule has 0 spiro atoms. The molecule has 0 radical (unpaired) electrons. The first-order valence-corrected chi connectivity index (χ1v) is 5.83. The summed E-state index contributed by atoms with van der Waals surface area (Å²) in [5.41, 5.74) is 6.20. The quantitative estimate of drug-likeness (QED) is 0.496. The van der Waals surface area contributed by atoms with Gasteiger partial charge in [-0.15, -0.1) is 0 Å². The Morgan fingerprint density at radius 3 is 2.81 bits per heavy atom. The number of aromatic nitrogens is 2. The molecule has 21 heavy (non-hydrogen) atoms. The summed E-state index contributed by atoms with van der Waals surface area (Å²) in [7, 11) is 1.30. The highest BCUT2D eigenvalue weighted by Gasteiger charge is 2.15. The molecule has 0 saturated heterocycles. The number of hydrogen-bond donors (Lipinski definition) is 2. The van der Waals surface area contributed by atoms with Crippen molar-refractivity contribution in [2.24, 2.45) is 5.10 Å². The van der Waals surface area contributed by atoms with Crippen LogP contribution in [0.2, 0.25) is 0 Å². The van der Waals surface area contributed by atoms with Gasteiger partial charge in [-0.25, -0.2) is 9.66 Å². The van der Waals surface area contributed by atoms with Gasteiger partial charge in [-0.1, -0.05) is 0 Å². The van der Waals surface area contributed by atoms with Gasteiger partial charge in [0.05, 0.1) is 36.2 Å². The van der Waals surface area contributed by atoms with Gasteiger partial charge in [-0.3, -0.25) is 10.1 Å². The third kappa shape index (κ3) is 2.91. The molecule has 110 valence electrons. The molecule has 1 aromatic heterocycles. The molecule has 9 heteroatoms. The molecule has 0 saturated carbocycles. The lowest BCUT2D eigenvalue weighted by atomic mass is 10.2. The summed E-state index contributed by atoms with van der Waals surface area (Å²) >= 11 is 0. The summed E-state index contributed by atoms with van der Waals surface area (Å²) < 4.78 is 6.19. The molecule has 9 nitrogen and oxygen atoms in total. The Kier molecular flexibility index (Phi) is 3.74. The van der Waals surface area contributed by atoms with E-state index >= 15 is 0 Å². The first-order chi connectivity index (χ1) is 9.92. The zero-order chi connectivity index (χ0) is 15.6. The largest absolute Gasteiger partial charge is 0.504 e. The van der Waals surface area contributed by atoms with Crippen LogP contribution in [0.5, 0.6) is 11.5 Å². The topological polar surface area (TPSA) is 129 Å². The van der Waals surface area contributed by atoms with E-state index in [-0.39, 0.29) is 28.7 Å². The molecule has 0 aliphatic heterocycles. The van der Waals surface area contributed by atoms with E-state index in [0.29, 0.717) is 5.69 Å². The summed E-state index contributed by atoms with van der Waals surface area (Å²) in [5.74, 6) is -0.0941. The summed E-state index contributed by atoms with van der Waals surface area (Å²) in [6.45, 7) is 1.75. The third-order valence-electron chi connectivity index (χ3n) is 2.68. The lowest BCUT2D eigenvalue weighted by molar-refractivity contribution is -0.385. The fourth-order valence-corrected chi connectivity index (χ4v) is 1.69. The molecule has 2 aromatic rings. The van der Waals surface area contributed by atoms with E-state index in [2.05, 4.69) is 10.1 Å². The number of nitro groups is 1. The number of imidazole rings is 1. The number of rotatable bonds is 4. The number of nitrogens with two attached hydrogens (primary N) is 1. The van der Waals surface area contributed by atoms with Crippen LogP contribution in [0.3, 0.4) is 0 Å². The number of methoxy groups -OCH3 is 1. The fraction of sp³-hybridized carbons (Fsp3) is 0.167. The highest BCUT2D eigenvalue weighted by atomic mass is 16.6. The summed E-state index contributed by atoms with van der Waals surface area (Å²) in [6.07, 6.45) is 2.82. The lowest BCUT2D eigenvalue weighted by Crippen LogP contribution is -1.98. The van der Waals surface area contributed by atoms with Crippen molar-refractivity contribution in [3.8, 4) is 11.5 Å². The molecule has 2 rings (SSSR count). The van der Waals surface area contributed by atoms with Gasteiger partial charge in [0.15, 0.2) is 11.5 Å². The Balaban J connectivity index is 2.45. The molecule has 0 bridgehead atoms. The standard InChI is InChI=1S/C12H13N5O4/c1-7-6-16(12(13)15-7)14-5-8-3-9(17(19)20)4-10(21-2)11(8)18/h3-6,18H,1-2H3,(H2,13,15). The number of nitro benzene ring substituents is 1. The number of nitrogens with zero attached hydrogens (tertiary/aromatic N) is 4. The van der Waals surface area contributed by atoms with Crippen LogP contribution in [-0.2, 0) is 0 Å². The van der Waals surface area contributed by atoms with Crippen molar-refractivity contribution in [2.45, 2.75) is 6.92 Å². The molecular formula is C12H13N5O4. The van der Waals surface area contributed by atoms with Crippen molar-refractivity contribution in [2.75, 3.05) is 12.8 Å². The fourth-order valence-electron chi connectivity index (χ4n) is 1.69. The average molecular weight is 291 g/mol. The van der Waals surface area contributed by atoms with Crippen LogP contribution in [0.25, 0.3) is 0 Å². The minimum Gasteiger partial charge on any atom is -0.504 e. The van der Waals surface area contributed by atoms with Gasteiger partial charge in [-0.05, 0) is 6.92 Å². The maximum Gasteiger partial charge on any atom is 0.274 e. The van der Waals surface area contributed by atoms with E-state index in [1.807, 2.05) is 0 Å². The molecule has 0 unspecified atom stereocenters. The third-order valence-corrected chi connectivity index (χ3v) is 2.68. The molecular weight excluding hydrogens is 278 g/mol. The maximum absolute atomic E-state index is 10.9. The van der Waals surface area contributed by atoms with Crippen molar-refractivity contribution in [3.05, 3.63) is 39.7 Å². The Morgan fingerprint density at radius 1 is 1.57 bits per heavy atom. The molecule has 3 N–H and O–H groups in total. The molecule has 0 amide bonds. The van der Waals surface area contributed by atoms with Gasteiger partial charge in [0, 0.05) is 11.6 Å². The van der Waals surface area contributed by atoms with E-state index in [4.69, 9.17) is 10.5 Å². The number of ether oxygens (including phenoxy) is 1. The maximum atomic E-state index is 10.9. The van der Waals surface area contributed by atoms with Crippen LogP contribution < -0.4 is 10.5 Å². The number of phenolic OH excluding ortho intramolecular Hbond substituents is 1. The first kappa shape index (κ1) is 14.3. The Labute approximate surface area is 119 Å². The minimum absolute atomic E-state index is 0.0135. The molecule has 1 heterocycles. The highest BCUT2D eigenvalue weighted by molar-refractivity contribution is 5.86. The van der Waals surface area contributed by atoms with E-state index in [9.17, 15) is 15.2 Å². The summed E-state index contributed by atoms with van der Waals surface area (Å²) in [6, 6.07) is 2.31. The lowest BCUT2D eigenvalue weighted by Gasteiger charge is -2.05. The number of aromatic hydroxyl groups is 1. The Hall–Kier alpha value is -3.10. The monoisotopic (exact) mass is 291 g/mol. The van der Waals surface area contributed by atoms with Crippen LogP contribution in [0.1, 0.15) is 11.3 Å². The summed E-state index contributed by atoms with van der Waals surface area (Å²) in [4.78, 5) is 14.2. The number of benzene rings is 1. The van der Waals surface area contributed by atoms with Gasteiger partial charge in [-0.2, -0.15) is 5.10 Å². The van der Waals surface area contributed by atoms with Crippen molar-refractivity contribution < 1.29 is 14.8 Å². The highest BCUT2D eigenvalue weighted by Crippen LogP contribution is 2.33. The van der Waals surface area contributed by atoms with Gasteiger partial charge in [0.2, 0.25) is 5.95 Å². The van der Waals surface area contributed by atoms with Crippen LogP contribution in [0, 0.1) is 17.0 Å². The van der Waals surface area contributed by atoms with Crippen molar-refractivity contribution in [1.82, 2.24) is 9.66 Å². The van der Waals surface area contributed by atoms with Gasteiger partial charge in [0.1, 0.15) is 0 Å². The average Bonchev–Trinajstić information content (AvgIpc) is 2.75. The number of anilines is 1. The second-order valence-electron chi connectivity index (χ2n) is 4.17. The van der Waals surface area contributed by atoms with Crippen LogP contribution >= 0.6 is 0 Å². The second kappa shape index (κ2) is 5.49. The normalized spacial score (nSPS) is 11.0. The minimum atomic E-state index is -0.588. The van der Waals surface area contributed by atoms with Gasteiger partial charge in [0.25, 0.3) is 5.69 Å². The van der Waals surface area contributed by atoms with E-state index < -0.39 is 4.92 Å². The van der Waals surface area contributed by atoms with Crippen molar-refractivity contribution in [1.29, 1.82) is 0 Å². The van der Waals surface area contributed by atoms with Gasteiger partial charge < -0.3 is 15.6 Å². The molecule has 0 aliphatic carbocycles. The number of nitrogen functional groups attached to an aromatic ring is 1. The number of hydrogen-bond acceptors (Lipinski definition) is 7. The number of non-ortho nitro benzene ring substituents is 1. The van der Waals surface area contributed by atoms with Crippen LogP contribution in [-0.4, -0.2) is 33.0 Å². The molecule has 0 atom stereocenters. The van der Waals surface area contributed by atoms with E-state index in [1.165, 1.54) is 24.1 Å². The zero-order valence-corrected chi connectivity index (χ0v) is 11.3. The molecule has 0 fully saturated rings. The van der Waals surface area contributed by atoms with Crippen molar-refractivity contribution in [3.63, 3.8) is 0 Å². The smallest absolute Gasteiger partial charge is 0.274 e. The second-order valence-corrected chi connectivity index (χ2v) is 4.17. The Morgan fingerprint density at radius 2 is 2.29 bits per heavy atom. The SMILES string of the molecule is COc1cc([N+](=O)[O-])cc(C=Nn2cc(C)nc2N)c1O. The number of aryl methyl sites for hydroxylation is 1. The first-order valence-electron chi connectivity index (χ1n) is 5.83. The van der Waals surface area contributed by atoms with Gasteiger partial charge >= 0.3 is 0 Å². The Bertz CT molecular complexity index is 723. The molecule has 1 aromatic carbocycles. The van der Waals surface area contributed by atoms with Crippen LogP contribution in [0.4, 0.5) is 11.6 Å². The predicted octanol–water partition coefficient (Wildman–Crippen LogP) is 1.28. The predicted molar refractivity (Wildman–Crippen MR) is 75.7 cm³/mol. The number of phenols is 1. The molecule has 0 aliphatic rings. The van der Waals surface area contributed by atoms with E-state index in [1.54, 1.807) is 13.1 Å². The zero-order valence-electron chi connectivity index (χ0n) is 11.3.